The summed E-state index contributed by atoms with van der Waals surface area (Å²) in [7, 11) is 0. The number of hydrogen-bond acceptors (Lipinski definition) is 1. The van der Waals surface area contributed by atoms with Crippen molar-refractivity contribution in [2.75, 3.05) is 11.4 Å². The van der Waals surface area contributed by atoms with E-state index in [9.17, 15) is 4.39 Å². The SMILES string of the molecule is N=C1CCCN1c1cc(Cl)ccc1F. The summed E-state index contributed by atoms with van der Waals surface area (Å²) in [4.78, 5) is 1.67. The Morgan fingerprint density at radius 1 is 1.43 bits per heavy atom. The molecule has 74 valence electrons. The van der Waals surface area contributed by atoms with E-state index in [2.05, 4.69) is 0 Å². The van der Waals surface area contributed by atoms with Crippen LogP contribution in [0.15, 0.2) is 18.2 Å². The third-order valence-electron chi connectivity index (χ3n) is 2.32. The molecule has 14 heavy (non-hydrogen) atoms. The number of halogens is 2. The van der Waals surface area contributed by atoms with Gasteiger partial charge in [0.2, 0.25) is 0 Å². The fourth-order valence-corrected chi connectivity index (χ4v) is 1.80. The van der Waals surface area contributed by atoms with E-state index in [1.807, 2.05) is 0 Å². The van der Waals surface area contributed by atoms with Gasteiger partial charge in [0.05, 0.1) is 5.69 Å². The predicted molar refractivity (Wildman–Crippen MR) is 55.7 cm³/mol. The number of amidine groups is 1. The molecular weight excluding hydrogens is 203 g/mol. The highest BCUT2D eigenvalue weighted by atomic mass is 35.5. The lowest BCUT2D eigenvalue weighted by Crippen LogP contribution is -2.24. The van der Waals surface area contributed by atoms with E-state index in [4.69, 9.17) is 17.0 Å². The van der Waals surface area contributed by atoms with Gasteiger partial charge in [-0.05, 0) is 24.6 Å². The number of hydrogen-bond donors (Lipinski definition) is 1. The summed E-state index contributed by atoms with van der Waals surface area (Å²) in [6.45, 7) is 0.704. The van der Waals surface area contributed by atoms with Crippen molar-refractivity contribution in [3.63, 3.8) is 0 Å². The molecule has 0 aliphatic carbocycles. The minimum Gasteiger partial charge on any atom is -0.328 e. The van der Waals surface area contributed by atoms with E-state index in [1.54, 1.807) is 11.0 Å². The summed E-state index contributed by atoms with van der Waals surface area (Å²) in [5.74, 6) is 0.146. The highest BCUT2D eigenvalue weighted by Gasteiger charge is 2.21. The Balaban J connectivity index is 2.39. The summed E-state index contributed by atoms with van der Waals surface area (Å²) in [5, 5.41) is 8.13. The van der Waals surface area contributed by atoms with Crippen molar-refractivity contribution < 1.29 is 4.39 Å². The van der Waals surface area contributed by atoms with Gasteiger partial charge in [-0.3, -0.25) is 5.41 Å². The van der Waals surface area contributed by atoms with Crippen LogP contribution in [0, 0.1) is 11.2 Å². The lowest BCUT2D eigenvalue weighted by molar-refractivity contribution is 0.627. The van der Waals surface area contributed by atoms with Gasteiger partial charge in [-0.15, -0.1) is 0 Å². The highest BCUT2D eigenvalue weighted by Crippen LogP contribution is 2.27. The second-order valence-electron chi connectivity index (χ2n) is 3.30. The summed E-state index contributed by atoms with van der Waals surface area (Å²) >= 11 is 5.78. The van der Waals surface area contributed by atoms with E-state index < -0.39 is 0 Å². The second-order valence-corrected chi connectivity index (χ2v) is 3.73. The van der Waals surface area contributed by atoms with Gasteiger partial charge in [0.25, 0.3) is 0 Å². The number of nitrogens with one attached hydrogen (secondary N) is 1. The molecule has 1 saturated heterocycles. The molecule has 0 unspecified atom stereocenters. The van der Waals surface area contributed by atoms with Gasteiger partial charge in [-0.1, -0.05) is 11.6 Å². The van der Waals surface area contributed by atoms with Crippen molar-refractivity contribution in [3.8, 4) is 0 Å². The molecule has 0 aromatic heterocycles. The molecule has 0 bridgehead atoms. The minimum atomic E-state index is -0.318. The smallest absolute Gasteiger partial charge is 0.146 e. The van der Waals surface area contributed by atoms with Crippen molar-refractivity contribution in [3.05, 3.63) is 29.0 Å². The van der Waals surface area contributed by atoms with Crippen LogP contribution in [0.2, 0.25) is 5.02 Å². The van der Waals surface area contributed by atoms with Crippen LogP contribution in [0.25, 0.3) is 0 Å². The predicted octanol–water partition coefficient (Wildman–Crippen LogP) is 3.06. The molecule has 1 fully saturated rings. The van der Waals surface area contributed by atoms with Crippen molar-refractivity contribution in [1.82, 2.24) is 0 Å². The molecular formula is C10H10ClFN2. The average molecular weight is 213 g/mol. The lowest BCUT2D eigenvalue weighted by Gasteiger charge is -2.18. The van der Waals surface area contributed by atoms with E-state index in [1.165, 1.54) is 12.1 Å². The second kappa shape index (κ2) is 3.58. The molecule has 0 radical (unpaired) electrons. The maximum absolute atomic E-state index is 13.4. The third kappa shape index (κ3) is 1.60. The number of anilines is 1. The molecule has 0 spiro atoms. The molecule has 4 heteroatoms. The first-order valence-corrected chi connectivity index (χ1v) is 4.86. The van der Waals surface area contributed by atoms with Gasteiger partial charge < -0.3 is 4.90 Å². The van der Waals surface area contributed by atoms with Crippen LogP contribution in [-0.2, 0) is 0 Å². The van der Waals surface area contributed by atoms with Gasteiger partial charge >= 0.3 is 0 Å². The molecule has 1 aromatic rings. The van der Waals surface area contributed by atoms with Crippen LogP contribution in [-0.4, -0.2) is 12.4 Å². The van der Waals surface area contributed by atoms with Crippen molar-refractivity contribution >= 4 is 23.1 Å². The van der Waals surface area contributed by atoms with Crippen LogP contribution in [0.3, 0.4) is 0 Å². The first-order chi connectivity index (χ1) is 6.68. The van der Waals surface area contributed by atoms with Crippen LogP contribution in [0.5, 0.6) is 0 Å². The van der Waals surface area contributed by atoms with Crippen LogP contribution < -0.4 is 4.90 Å². The first-order valence-electron chi connectivity index (χ1n) is 4.48. The first kappa shape index (κ1) is 9.46. The molecule has 0 atom stereocenters. The van der Waals surface area contributed by atoms with Crippen LogP contribution in [0.4, 0.5) is 10.1 Å². The summed E-state index contributed by atoms with van der Waals surface area (Å²) in [6.07, 6.45) is 1.62. The van der Waals surface area contributed by atoms with Gasteiger partial charge in [-0.25, -0.2) is 4.39 Å². The molecule has 2 rings (SSSR count). The Kier molecular flexibility index (Phi) is 2.42. The quantitative estimate of drug-likeness (QED) is 0.761. The monoisotopic (exact) mass is 212 g/mol. The fraction of sp³-hybridized carbons (Fsp3) is 0.300. The largest absolute Gasteiger partial charge is 0.328 e. The summed E-state index contributed by atoms with van der Waals surface area (Å²) in [6, 6.07) is 4.42. The molecule has 1 N–H and O–H groups in total. The van der Waals surface area contributed by atoms with Gasteiger partial charge in [-0.2, -0.15) is 0 Å². The fourth-order valence-electron chi connectivity index (χ4n) is 1.63. The number of rotatable bonds is 1. The zero-order valence-corrected chi connectivity index (χ0v) is 8.31. The number of benzene rings is 1. The van der Waals surface area contributed by atoms with E-state index in [0.717, 1.165) is 6.42 Å². The highest BCUT2D eigenvalue weighted by molar-refractivity contribution is 6.31. The van der Waals surface area contributed by atoms with E-state index in [0.29, 0.717) is 29.5 Å². The van der Waals surface area contributed by atoms with E-state index >= 15 is 0 Å². The standard InChI is InChI=1S/C10H10ClFN2/c11-7-3-4-8(12)9(6-7)14-5-1-2-10(14)13/h3-4,6,13H,1-2,5H2. The van der Waals surface area contributed by atoms with Crippen molar-refractivity contribution in [1.29, 1.82) is 5.41 Å². The molecule has 1 aliphatic heterocycles. The van der Waals surface area contributed by atoms with Crippen molar-refractivity contribution in [2.45, 2.75) is 12.8 Å². The molecule has 2 nitrogen and oxygen atoms in total. The lowest BCUT2D eigenvalue weighted by atomic mass is 10.3. The zero-order valence-electron chi connectivity index (χ0n) is 7.56. The maximum atomic E-state index is 13.4. The van der Waals surface area contributed by atoms with E-state index in [-0.39, 0.29) is 5.82 Å². The Hall–Kier alpha value is -1.09. The summed E-state index contributed by atoms with van der Waals surface area (Å²) in [5.41, 5.74) is 0.417. The summed E-state index contributed by atoms with van der Waals surface area (Å²) < 4.78 is 13.4. The Bertz CT molecular complexity index is 378. The Morgan fingerprint density at radius 2 is 2.21 bits per heavy atom. The molecule has 0 saturated carbocycles. The third-order valence-corrected chi connectivity index (χ3v) is 2.56. The Labute approximate surface area is 86.8 Å². The van der Waals surface area contributed by atoms with Crippen LogP contribution in [0.1, 0.15) is 12.8 Å². The normalized spacial score (nSPS) is 16.4. The van der Waals surface area contributed by atoms with Gasteiger partial charge in [0, 0.05) is 18.0 Å². The average Bonchev–Trinajstić information content (AvgIpc) is 2.56. The zero-order chi connectivity index (χ0) is 10.1. The van der Waals surface area contributed by atoms with Crippen LogP contribution >= 0.6 is 11.6 Å². The Morgan fingerprint density at radius 3 is 2.86 bits per heavy atom. The molecule has 1 heterocycles. The number of nitrogens with zero attached hydrogens (tertiary/aromatic N) is 1. The minimum absolute atomic E-state index is 0.318. The maximum Gasteiger partial charge on any atom is 0.146 e. The van der Waals surface area contributed by atoms with Gasteiger partial charge in [0.1, 0.15) is 11.7 Å². The molecule has 0 amide bonds. The van der Waals surface area contributed by atoms with Crippen molar-refractivity contribution in [2.24, 2.45) is 0 Å². The topological polar surface area (TPSA) is 27.1 Å². The molecule has 1 aromatic carbocycles. The van der Waals surface area contributed by atoms with Gasteiger partial charge in [0.15, 0.2) is 0 Å². The molecule has 1 aliphatic rings.